The zero-order valence-corrected chi connectivity index (χ0v) is 27.8. The van der Waals surface area contributed by atoms with Crippen LogP contribution in [0.15, 0.2) is 91.2 Å². The monoisotopic (exact) mass is 737 g/mol. The van der Waals surface area contributed by atoms with Crippen molar-refractivity contribution in [1.82, 2.24) is 5.32 Å². The van der Waals surface area contributed by atoms with Crippen LogP contribution >= 0.6 is 47.8 Å². The molecular weight excluding hydrogens is 702 g/mol. The van der Waals surface area contributed by atoms with Gasteiger partial charge in [-0.05, 0) is 54.0 Å². The first kappa shape index (κ1) is 38.4. The second kappa shape index (κ2) is 24.1. The third kappa shape index (κ3) is 23.2. The molecule has 0 bridgehead atoms. The Balaban J connectivity index is 0.000000533. The number of benzene rings is 3. The Labute approximate surface area is 264 Å². The largest absolute Gasteiger partial charge is 0.449 e. The molecule has 0 heterocycles. The van der Waals surface area contributed by atoms with Gasteiger partial charge < -0.3 is 26.1 Å². The summed E-state index contributed by atoms with van der Waals surface area (Å²) in [5.41, 5.74) is 7.90. The lowest BCUT2D eigenvalue weighted by Gasteiger charge is -2.04. The molecule has 0 saturated carbocycles. The van der Waals surface area contributed by atoms with Gasteiger partial charge in [0.1, 0.15) is 6.29 Å². The number of hydrogen-bond donors (Lipinski definition) is 5. The smallest absolute Gasteiger partial charge is 0.307 e. The summed E-state index contributed by atoms with van der Waals surface area (Å²) in [5.74, 6) is 0. The zero-order chi connectivity index (χ0) is 30.3. The first-order valence-electron chi connectivity index (χ1n) is 12.6. The number of nitrogens with zero attached hydrogens (tertiary/aromatic N) is 1. The van der Waals surface area contributed by atoms with Crippen LogP contribution in [0.5, 0.6) is 0 Å². The Bertz CT molecular complexity index is 1080. The average Bonchev–Trinajstić information content (AvgIpc) is 2.92. The fraction of sp³-hybridized carbons (Fsp3) is 0.259. The Morgan fingerprint density at radius 2 is 1.18 bits per heavy atom. The van der Waals surface area contributed by atoms with Crippen molar-refractivity contribution in [2.24, 2.45) is 10.7 Å². The zero-order valence-electron chi connectivity index (χ0n) is 23.1. The van der Waals surface area contributed by atoms with Crippen LogP contribution in [0.25, 0.3) is 0 Å². The summed E-state index contributed by atoms with van der Waals surface area (Å²) >= 11 is 9.99. The molecule has 0 saturated heterocycles. The van der Waals surface area contributed by atoms with Crippen LogP contribution in [0, 0.1) is 0 Å². The van der Waals surface area contributed by atoms with Crippen LogP contribution < -0.4 is 11.1 Å². The van der Waals surface area contributed by atoms with E-state index in [4.69, 9.17) is 20.8 Å². The predicted octanol–water partition coefficient (Wildman–Crippen LogP) is 5.07. The number of aldehydes is 1. The standard InChI is InChI=1S/C9H13BBrNO.C9H11BBrNO.C7H5BrO.C2H8BNO/c2*1-10(13)7-12-6-8-2-4-9(11)5-3-8;8-7-3-1-6(5-9)2-4-7;1-3(5)2-4/h2-5,12-13H,6-7H2,1H3;2-6,13H,7H2,1H3;1-5H;5H,2,4H2,1H3. The Morgan fingerprint density at radius 3 is 1.55 bits per heavy atom. The summed E-state index contributed by atoms with van der Waals surface area (Å²) in [4.78, 5) is 14.2. The average molecular weight is 740 g/mol. The molecule has 40 heavy (non-hydrogen) atoms. The van der Waals surface area contributed by atoms with Crippen LogP contribution in [-0.2, 0) is 6.54 Å². The fourth-order valence-electron chi connectivity index (χ4n) is 2.43. The van der Waals surface area contributed by atoms with Gasteiger partial charge in [0, 0.05) is 44.6 Å². The number of rotatable bonds is 9. The molecule has 0 radical (unpaired) electrons. The molecule has 3 aromatic rings. The summed E-state index contributed by atoms with van der Waals surface area (Å²) in [6.07, 6.45) is 4.04. The van der Waals surface area contributed by atoms with Crippen molar-refractivity contribution in [2.75, 3.05) is 19.3 Å². The number of nitrogens with one attached hydrogen (secondary N) is 1. The van der Waals surface area contributed by atoms with E-state index in [0.717, 1.165) is 31.8 Å². The molecule has 0 atom stereocenters. The lowest BCUT2D eigenvalue weighted by Crippen LogP contribution is -2.27. The highest BCUT2D eigenvalue weighted by Gasteiger charge is 2.00. The van der Waals surface area contributed by atoms with Crippen LogP contribution in [0.1, 0.15) is 21.5 Å². The minimum Gasteiger partial charge on any atom is -0.449 e. The van der Waals surface area contributed by atoms with Crippen molar-refractivity contribution >= 4 is 81.0 Å². The lowest BCUT2D eigenvalue weighted by atomic mass is 9.72. The van der Waals surface area contributed by atoms with E-state index in [0.29, 0.717) is 24.9 Å². The van der Waals surface area contributed by atoms with Crippen molar-refractivity contribution in [1.29, 1.82) is 0 Å². The maximum absolute atomic E-state index is 10.1. The molecule has 3 aromatic carbocycles. The first-order chi connectivity index (χ1) is 19.0. The molecule has 13 heteroatoms. The van der Waals surface area contributed by atoms with E-state index in [1.54, 1.807) is 38.8 Å². The van der Waals surface area contributed by atoms with Crippen molar-refractivity contribution in [3.05, 3.63) is 103 Å². The number of aliphatic imine (C=N–C) groups is 1. The molecule has 0 aliphatic rings. The topological polar surface area (TPSA) is 128 Å². The molecule has 0 fully saturated rings. The van der Waals surface area contributed by atoms with Crippen LogP contribution in [0.4, 0.5) is 0 Å². The van der Waals surface area contributed by atoms with Crippen molar-refractivity contribution < 1.29 is 19.9 Å². The van der Waals surface area contributed by atoms with E-state index in [1.165, 1.54) is 5.56 Å². The number of carbonyl (C=O) groups excluding carboxylic acids is 1. The summed E-state index contributed by atoms with van der Waals surface area (Å²) in [6.45, 7) is 4.96. The number of carbonyl (C=O) groups is 1. The van der Waals surface area contributed by atoms with E-state index in [-0.39, 0.29) is 20.7 Å². The minimum atomic E-state index is -0.369. The SMILES string of the molecule is CB(O)CN.CB(O)CN=Cc1ccc(Br)cc1.CB(O)CNCc1ccc(Br)cc1.O=Cc1ccc(Br)cc1. The molecular formula is C27H37B3Br3N3O4. The molecule has 0 amide bonds. The van der Waals surface area contributed by atoms with Gasteiger partial charge in [-0.3, -0.25) is 9.79 Å². The van der Waals surface area contributed by atoms with Gasteiger partial charge in [-0.15, -0.1) is 0 Å². The molecule has 7 nitrogen and oxygen atoms in total. The Kier molecular flexibility index (Phi) is 23.1. The molecule has 0 aromatic heterocycles. The summed E-state index contributed by atoms with van der Waals surface area (Å²) in [6, 6.07) is 23.2. The van der Waals surface area contributed by atoms with E-state index in [1.807, 2.05) is 48.5 Å². The molecule has 6 N–H and O–H groups in total. The maximum atomic E-state index is 10.1. The van der Waals surface area contributed by atoms with Crippen molar-refractivity contribution in [3.63, 3.8) is 0 Å². The van der Waals surface area contributed by atoms with Crippen LogP contribution in [0.3, 0.4) is 0 Å². The van der Waals surface area contributed by atoms with E-state index >= 15 is 0 Å². The summed E-state index contributed by atoms with van der Waals surface area (Å²) < 4.78 is 3.14. The highest BCUT2D eigenvalue weighted by Crippen LogP contribution is 2.10. The number of halogens is 3. The minimum absolute atomic E-state index is 0.282. The van der Waals surface area contributed by atoms with Gasteiger partial charge in [0.05, 0.1) is 0 Å². The molecule has 0 aliphatic carbocycles. The second-order valence-electron chi connectivity index (χ2n) is 8.76. The van der Waals surface area contributed by atoms with E-state index in [9.17, 15) is 4.79 Å². The van der Waals surface area contributed by atoms with Gasteiger partial charge in [0.2, 0.25) is 0 Å². The lowest BCUT2D eigenvalue weighted by molar-refractivity contribution is 0.112. The Morgan fingerprint density at radius 1 is 0.750 bits per heavy atom. The van der Waals surface area contributed by atoms with Gasteiger partial charge >= 0.3 is 6.92 Å². The first-order valence-corrected chi connectivity index (χ1v) is 15.0. The van der Waals surface area contributed by atoms with Crippen molar-refractivity contribution in [3.8, 4) is 0 Å². The molecule has 3 rings (SSSR count). The third-order valence-corrected chi connectivity index (χ3v) is 6.10. The van der Waals surface area contributed by atoms with Crippen molar-refractivity contribution in [2.45, 2.75) is 27.0 Å². The molecule has 0 spiro atoms. The maximum Gasteiger partial charge on any atom is 0.307 e. The van der Waals surface area contributed by atoms with Gasteiger partial charge in [-0.25, -0.2) is 0 Å². The third-order valence-electron chi connectivity index (χ3n) is 4.51. The van der Waals surface area contributed by atoms with Crippen LogP contribution in [-0.4, -0.2) is 67.7 Å². The second-order valence-corrected chi connectivity index (χ2v) is 11.5. The molecule has 0 unspecified atom stereocenters. The summed E-state index contributed by atoms with van der Waals surface area (Å²) in [5, 5.41) is 29.3. The van der Waals surface area contributed by atoms with Gasteiger partial charge in [0.15, 0.2) is 0 Å². The van der Waals surface area contributed by atoms with Gasteiger partial charge in [-0.1, -0.05) is 105 Å². The predicted molar refractivity (Wildman–Crippen MR) is 183 cm³/mol. The van der Waals surface area contributed by atoms with E-state index < -0.39 is 0 Å². The molecule has 214 valence electrons. The normalized spacial score (nSPS) is 9.75. The van der Waals surface area contributed by atoms with E-state index in [2.05, 4.69) is 70.2 Å². The van der Waals surface area contributed by atoms with Gasteiger partial charge in [-0.2, -0.15) is 0 Å². The number of nitrogens with two attached hydrogens (primary N) is 1. The van der Waals surface area contributed by atoms with Gasteiger partial charge in [0.25, 0.3) is 13.8 Å². The highest BCUT2D eigenvalue weighted by molar-refractivity contribution is 9.11. The fourth-order valence-corrected chi connectivity index (χ4v) is 3.22. The molecule has 0 aliphatic heterocycles. The number of hydrogen-bond acceptors (Lipinski definition) is 7. The van der Waals surface area contributed by atoms with Crippen LogP contribution in [0.2, 0.25) is 20.5 Å². The summed E-state index contributed by atoms with van der Waals surface area (Å²) in [7, 11) is 0. The highest BCUT2D eigenvalue weighted by atomic mass is 79.9. The quantitative estimate of drug-likeness (QED) is 0.119. The Hall–Kier alpha value is -1.57.